The molecule has 0 aliphatic rings. The molecule has 4 heteroatoms. The smallest absolute Gasteiger partial charge is 0.141 e. The van der Waals surface area contributed by atoms with Crippen molar-refractivity contribution in [3.63, 3.8) is 0 Å². The van der Waals surface area contributed by atoms with Crippen LogP contribution in [0.4, 0.5) is 0 Å². The van der Waals surface area contributed by atoms with Crippen molar-refractivity contribution in [2.75, 3.05) is 0 Å². The molecule has 0 aliphatic heterocycles. The van der Waals surface area contributed by atoms with Crippen molar-refractivity contribution < 1.29 is 5.11 Å². The second-order valence-electron chi connectivity index (χ2n) is 3.33. The Kier molecular flexibility index (Phi) is 4.50. The Hall–Kier alpha value is -0.870. The minimum Gasteiger partial charge on any atom is -0.387 e. The van der Waals surface area contributed by atoms with Gasteiger partial charge in [0.2, 0.25) is 0 Å². The third-order valence-electron chi connectivity index (χ3n) is 2.34. The van der Waals surface area contributed by atoms with Crippen LogP contribution in [0.2, 0.25) is 0 Å². The number of fused-ring (bicyclic) bond motifs is 1. The number of aryl methyl sites for hydroxylation is 1. The molecule has 16 heavy (non-hydrogen) atoms. The largest absolute Gasteiger partial charge is 0.387 e. The van der Waals surface area contributed by atoms with Crippen molar-refractivity contribution in [1.82, 2.24) is 9.55 Å². The van der Waals surface area contributed by atoms with Crippen LogP contribution < -0.4 is 0 Å². The van der Waals surface area contributed by atoms with Crippen LogP contribution in [0, 0.1) is 0 Å². The van der Waals surface area contributed by atoms with Gasteiger partial charge in [-0.05, 0) is 35.0 Å². The Morgan fingerprint density at radius 1 is 1.44 bits per heavy atom. The Balaban J connectivity index is 0.000000606. The quantitative estimate of drug-likeness (QED) is 0.871. The first-order valence-corrected chi connectivity index (χ1v) is 6.18. The number of halogens is 1. The molecule has 0 spiro atoms. The van der Waals surface area contributed by atoms with Crippen LogP contribution in [0.15, 0.2) is 22.8 Å². The molecule has 0 bridgehead atoms. The fourth-order valence-electron chi connectivity index (χ4n) is 1.61. The van der Waals surface area contributed by atoms with Crippen LogP contribution in [0.5, 0.6) is 0 Å². The lowest BCUT2D eigenvalue weighted by Crippen LogP contribution is -2.00. The van der Waals surface area contributed by atoms with Crippen LogP contribution in [0.3, 0.4) is 0 Å². The number of nitrogens with zero attached hydrogens (tertiary/aromatic N) is 2. The molecule has 0 aliphatic carbocycles. The third-order valence-corrected chi connectivity index (χ3v) is 3.03. The number of hydrogen-bond donors (Lipinski definition) is 1. The minimum absolute atomic E-state index is 0.471. The second-order valence-corrected chi connectivity index (χ2v) is 4.19. The second kappa shape index (κ2) is 5.46. The normalized spacial score (nSPS) is 12.1. The van der Waals surface area contributed by atoms with Gasteiger partial charge in [-0.2, -0.15) is 0 Å². The van der Waals surface area contributed by atoms with Gasteiger partial charge in [-0.25, -0.2) is 4.98 Å². The summed E-state index contributed by atoms with van der Waals surface area (Å²) in [6.45, 7) is 5.75. The standard InChI is InChI=1S/C10H11BrN2O.C2H6/c1-6(14)9-5-7-8(11)3-4-12-10(7)13(9)2;1-2/h3-6,14H,1-2H3;1-2H3. The maximum absolute atomic E-state index is 9.53. The fraction of sp³-hybridized carbons (Fsp3) is 0.417. The highest BCUT2D eigenvalue weighted by molar-refractivity contribution is 9.10. The number of aliphatic hydroxyl groups excluding tert-OH is 1. The predicted molar refractivity (Wildman–Crippen MR) is 70.4 cm³/mol. The van der Waals surface area contributed by atoms with Gasteiger partial charge in [0, 0.05) is 28.8 Å². The molecule has 1 N–H and O–H groups in total. The summed E-state index contributed by atoms with van der Waals surface area (Å²) in [7, 11) is 1.91. The molecule has 2 aromatic heterocycles. The average molecular weight is 285 g/mol. The topological polar surface area (TPSA) is 38.1 Å². The first kappa shape index (κ1) is 13.2. The highest BCUT2D eigenvalue weighted by Gasteiger charge is 2.12. The van der Waals surface area contributed by atoms with E-state index in [0.717, 1.165) is 21.2 Å². The van der Waals surface area contributed by atoms with Crippen molar-refractivity contribution in [2.24, 2.45) is 7.05 Å². The van der Waals surface area contributed by atoms with Gasteiger partial charge in [0.25, 0.3) is 0 Å². The number of aliphatic hydroxyl groups is 1. The summed E-state index contributed by atoms with van der Waals surface area (Å²) in [6, 6.07) is 3.85. The molecule has 88 valence electrons. The van der Waals surface area contributed by atoms with Gasteiger partial charge in [-0.3, -0.25) is 0 Å². The minimum atomic E-state index is -0.471. The van der Waals surface area contributed by atoms with E-state index in [9.17, 15) is 5.11 Å². The number of pyridine rings is 1. The molecule has 1 atom stereocenters. The van der Waals surface area contributed by atoms with E-state index >= 15 is 0 Å². The highest BCUT2D eigenvalue weighted by atomic mass is 79.9. The Labute approximate surface area is 104 Å². The molecule has 1 unspecified atom stereocenters. The van der Waals surface area contributed by atoms with Gasteiger partial charge in [-0.15, -0.1) is 0 Å². The summed E-state index contributed by atoms with van der Waals surface area (Å²) in [6.07, 6.45) is 1.28. The van der Waals surface area contributed by atoms with Gasteiger partial charge < -0.3 is 9.67 Å². The van der Waals surface area contributed by atoms with Crippen molar-refractivity contribution in [3.05, 3.63) is 28.5 Å². The molecule has 2 rings (SSSR count). The van der Waals surface area contributed by atoms with E-state index in [-0.39, 0.29) is 0 Å². The summed E-state index contributed by atoms with van der Waals surface area (Å²) < 4.78 is 2.91. The van der Waals surface area contributed by atoms with E-state index in [1.165, 1.54) is 0 Å². The van der Waals surface area contributed by atoms with E-state index in [0.29, 0.717) is 0 Å². The zero-order valence-electron chi connectivity index (χ0n) is 10.0. The van der Waals surface area contributed by atoms with Gasteiger partial charge in [0.05, 0.1) is 6.10 Å². The molecule has 0 radical (unpaired) electrons. The number of aromatic nitrogens is 2. The van der Waals surface area contributed by atoms with Gasteiger partial charge >= 0.3 is 0 Å². The van der Waals surface area contributed by atoms with Crippen LogP contribution in [0.1, 0.15) is 32.6 Å². The number of hydrogen-bond acceptors (Lipinski definition) is 2. The molecule has 0 saturated carbocycles. The maximum Gasteiger partial charge on any atom is 0.141 e. The summed E-state index contributed by atoms with van der Waals surface area (Å²) in [4.78, 5) is 4.27. The Morgan fingerprint density at radius 3 is 2.56 bits per heavy atom. The molecule has 3 nitrogen and oxygen atoms in total. The predicted octanol–water partition coefficient (Wildman–Crippen LogP) is 3.42. The summed E-state index contributed by atoms with van der Waals surface area (Å²) in [5, 5.41) is 10.6. The van der Waals surface area contributed by atoms with E-state index in [1.807, 2.05) is 37.6 Å². The summed E-state index contributed by atoms with van der Waals surface area (Å²) in [5.74, 6) is 0. The molecule has 0 amide bonds. The van der Waals surface area contributed by atoms with Crippen molar-refractivity contribution >= 4 is 27.0 Å². The lowest BCUT2D eigenvalue weighted by atomic mass is 10.2. The fourth-order valence-corrected chi connectivity index (χ4v) is 2.02. The zero-order chi connectivity index (χ0) is 12.3. The average Bonchev–Trinajstić information content (AvgIpc) is 2.61. The zero-order valence-corrected chi connectivity index (χ0v) is 11.6. The summed E-state index contributed by atoms with van der Waals surface area (Å²) in [5.41, 5.74) is 1.76. The molecule has 0 aromatic carbocycles. The van der Waals surface area contributed by atoms with Gasteiger partial charge in [0.1, 0.15) is 5.65 Å². The SMILES string of the molecule is CC.CC(O)c1cc2c(Br)ccnc2n1C. The lowest BCUT2D eigenvalue weighted by Gasteiger charge is -2.05. The van der Waals surface area contributed by atoms with E-state index in [1.54, 1.807) is 13.1 Å². The first-order valence-electron chi connectivity index (χ1n) is 5.39. The highest BCUT2D eigenvalue weighted by Crippen LogP contribution is 2.27. The first-order chi connectivity index (χ1) is 7.61. The van der Waals surface area contributed by atoms with E-state index < -0.39 is 6.10 Å². The molecule has 0 saturated heterocycles. The van der Waals surface area contributed by atoms with Crippen molar-refractivity contribution in [3.8, 4) is 0 Å². The molecular formula is C12H17BrN2O. The van der Waals surface area contributed by atoms with Crippen molar-refractivity contribution in [1.29, 1.82) is 0 Å². The van der Waals surface area contributed by atoms with Crippen molar-refractivity contribution in [2.45, 2.75) is 26.9 Å². The van der Waals surface area contributed by atoms with Crippen LogP contribution in [-0.4, -0.2) is 14.7 Å². The van der Waals surface area contributed by atoms with E-state index in [4.69, 9.17) is 0 Å². The Bertz CT molecular complexity index is 477. The molecule has 2 heterocycles. The van der Waals surface area contributed by atoms with Gasteiger partial charge in [-0.1, -0.05) is 13.8 Å². The number of rotatable bonds is 1. The van der Waals surface area contributed by atoms with E-state index in [2.05, 4.69) is 20.9 Å². The molecule has 0 fully saturated rings. The third kappa shape index (κ3) is 2.28. The van der Waals surface area contributed by atoms with Crippen LogP contribution in [0.25, 0.3) is 11.0 Å². The lowest BCUT2D eigenvalue weighted by molar-refractivity contribution is 0.191. The molecular weight excluding hydrogens is 268 g/mol. The maximum atomic E-state index is 9.53. The van der Waals surface area contributed by atoms with Gasteiger partial charge in [0.15, 0.2) is 0 Å². The molecule has 2 aromatic rings. The van der Waals surface area contributed by atoms with Crippen LogP contribution >= 0.6 is 15.9 Å². The monoisotopic (exact) mass is 284 g/mol. The summed E-state index contributed by atoms with van der Waals surface area (Å²) >= 11 is 3.46. The van der Waals surface area contributed by atoms with Crippen LogP contribution in [-0.2, 0) is 7.05 Å². The Morgan fingerprint density at radius 2 is 2.06 bits per heavy atom.